The standard InChI is InChI=1S/C17H17F2NO3S/c1-4-12-9(2)16(10(3)21)24-17(12)20-15(22)8-23-14-6-5-11(18)7-13(14)19/h5-7H,4,8H2,1-3H3,(H,20,22). The molecule has 2 aromatic rings. The number of rotatable bonds is 6. The van der Waals surface area contributed by atoms with E-state index in [1.54, 1.807) is 0 Å². The van der Waals surface area contributed by atoms with Gasteiger partial charge in [-0.05, 0) is 43.5 Å². The Hall–Kier alpha value is -2.28. The maximum atomic E-state index is 13.5. The average Bonchev–Trinajstić information content (AvgIpc) is 2.82. The molecule has 128 valence electrons. The first kappa shape index (κ1) is 18.1. The van der Waals surface area contributed by atoms with E-state index in [1.165, 1.54) is 18.3 Å². The van der Waals surface area contributed by atoms with Crippen LogP contribution in [0.5, 0.6) is 5.75 Å². The summed E-state index contributed by atoms with van der Waals surface area (Å²) in [5, 5.41) is 3.28. The molecule has 0 bridgehead atoms. The van der Waals surface area contributed by atoms with Crippen molar-refractivity contribution in [2.75, 3.05) is 11.9 Å². The van der Waals surface area contributed by atoms with Gasteiger partial charge < -0.3 is 10.1 Å². The monoisotopic (exact) mass is 353 g/mol. The fraction of sp³-hybridized carbons (Fsp3) is 0.294. The summed E-state index contributed by atoms with van der Waals surface area (Å²) in [6.45, 7) is 4.83. The van der Waals surface area contributed by atoms with Crippen molar-refractivity contribution in [2.45, 2.75) is 27.2 Å². The topological polar surface area (TPSA) is 55.4 Å². The Kier molecular flexibility index (Phi) is 5.66. The Bertz CT molecular complexity index is 786. The number of hydrogen-bond acceptors (Lipinski definition) is 4. The first-order valence-corrected chi connectivity index (χ1v) is 8.16. The third kappa shape index (κ3) is 3.97. The van der Waals surface area contributed by atoms with Crippen molar-refractivity contribution >= 4 is 28.0 Å². The number of carbonyl (C=O) groups excluding carboxylic acids is 2. The lowest BCUT2D eigenvalue weighted by molar-refractivity contribution is -0.118. The number of halogens is 2. The van der Waals surface area contributed by atoms with Gasteiger partial charge in [-0.15, -0.1) is 11.3 Å². The molecule has 1 heterocycles. The second kappa shape index (κ2) is 7.53. The molecule has 0 aliphatic rings. The average molecular weight is 353 g/mol. The van der Waals surface area contributed by atoms with Gasteiger partial charge in [0.1, 0.15) is 5.82 Å². The van der Waals surface area contributed by atoms with Crippen LogP contribution in [0, 0.1) is 18.6 Å². The highest BCUT2D eigenvalue weighted by atomic mass is 32.1. The molecule has 1 aromatic carbocycles. The Morgan fingerprint density at radius 3 is 2.58 bits per heavy atom. The summed E-state index contributed by atoms with van der Waals surface area (Å²) in [5.74, 6) is -2.33. The van der Waals surface area contributed by atoms with Crippen LogP contribution in [0.3, 0.4) is 0 Å². The van der Waals surface area contributed by atoms with Crippen molar-refractivity contribution < 1.29 is 23.1 Å². The number of nitrogens with one attached hydrogen (secondary N) is 1. The molecule has 4 nitrogen and oxygen atoms in total. The van der Waals surface area contributed by atoms with Gasteiger partial charge in [-0.3, -0.25) is 9.59 Å². The van der Waals surface area contributed by atoms with E-state index in [9.17, 15) is 18.4 Å². The minimum absolute atomic E-state index is 0.0580. The van der Waals surface area contributed by atoms with Crippen molar-refractivity contribution in [3.05, 3.63) is 45.8 Å². The van der Waals surface area contributed by atoms with Crippen LogP contribution in [0.15, 0.2) is 18.2 Å². The molecule has 7 heteroatoms. The Labute approximate surface area is 142 Å². The number of ether oxygens (including phenoxy) is 1. The molecule has 0 atom stereocenters. The summed E-state index contributed by atoms with van der Waals surface area (Å²) < 4.78 is 31.3. The van der Waals surface area contributed by atoms with Crippen LogP contribution in [0.2, 0.25) is 0 Å². The lowest BCUT2D eigenvalue weighted by Crippen LogP contribution is -2.20. The van der Waals surface area contributed by atoms with E-state index in [-0.39, 0.29) is 11.5 Å². The Morgan fingerprint density at radius 1 is 1.29 bits per heavy atom. The van der Waals surface area contributed by atoms with Gasteiger partial charge in [-0.1, -0.05) is 6.92 Å². The van der Waals surface area contributed by atoms with Crippen LogP contribution >= 0.6 is 11.3 Å². The summed E-state index contributed by atoms with van der Waals surface area (Å²) in [6, 6.07) is 2.86. The van der Waals surface area contributed by atoms with E-state index in [4.69, 9.17) is 4.74 Å². The molecule has 2 rings (SSSR count). The quantitative estimate of drug-likeness (QED) is 0.795. The normalized spacial score (nSPS) is 10.5. The predicted octanol–water partition coefficient (Wildman–Crippen LogP) is 4.12. The summed E-state index contributed by atoms with van der Waals surface area (Å²) in [4.78, 5) is 24.2. The number of hydrogen-bond donors (Lipinski definition) is 1. The number of ketones is 1. The van der Waals surface area contributed by atoms with Crippen molar-refractivity contribution in [1.29, 1.82) is 0 Å². The molecule has 0 aliphatic heterocycles. The van der Waals surface area contributed by atoms with Gasteiger partial charge in [-0.2, -0.15) is 0 Å². The molecular weight excluding hydrogens is 336 g/mol. The second-order valence-corrected chi connectivity index (χ2v) is 6.21. The minimum Gasteiger partial charge on any atom is -0.481 e. The molecule has 0 unspecified atom stereocenters. The van der Waals surface area contributed by atoms with Gasteiger partial charge in [0.05, 0.1) is 9.88 Å². The molecule has 0 radical (unpaired) electrons. The van der Waals surface area contributed by atoms with Gasteiger partial charge in [-0.25, -0.2) is 8.78 Å². The third-order valence-electron chi connectivity index (χ3n) is 3.45. The summed E-state index contributed by atoms with van der Waals surface area (Å²) in [7, 11) is 0. The molecule has 1 amide bonds. The number of amides is 1. The molecular formula is C17H17F2NO3S. The van der Waals surface area contributed by atoms with Crippen molar-refractivity contribution in [3.8, 4) is 5.75 Å². The van der Waals surface area contributed by atoms with Gasteiger partial charge in [0, 0.05) is 6.07 Å². The van der Waals surface area contributed by atoms with Crippen molar-refractivity contribution in [1.82, 2.24) is 0 Å². The first-order valence-electron chi connectivity index (χ1n) is 7.34. The van der Waals surface area contributed by atoms with E-state index in [1.807, 2.05) is 13.8 Å². The Morgan fingerprint density at radius 2 is 2.00 bits per heavy atom. The highest BCUT2D eigenvalue weighted by Crippen LogP contribution is 2.33. The number of thiophene rings is 1. The molecule has 0 aliphatic carbocycles. The zero-order valence-electron chi connectivity index (χ0n) is 13.5. The second-order valence-electron chi connectivity index (χ2n) is 5.19. The molecule has 1 N–H and O–H groups in total. The van der Waals surface area contributed by atoms with E-state index in [2.05, 4.69) is 5.32 Å². The van der Waals surface area contributed by atoms with Gasteiger partial charge in [0.25, 0.3) is 5.91 Å². The maximum absolute atomic E-state index is 13.5. The van der Waals surface area contributed by atoms with Crippen LogP contribution in [0.4, 0.5) is 13.8 Å². The fourth-order valence-corrected chi connectivity index (χ4v) is 3.52. The third-order valence-corrected chi connectivity index (χ3v) is 4.80. The zero-order valence-corrected chi connectivity index (χ0v) is 14.4. The van der Waals surface area contributed by atoms with E-state index in [0.717, 1.165) is 23.3 Å². The molecule has 0 fully saturated rings. The van der Waals surface area contributed by atoms with Crippen LogP contribution in [0.1, 0.15) is 34.6 Å². The Balaban J connectivity index is 2.07. The number of benzene rings is 1. The summed E-state index contributed by atoms with van der Waals surface area (Å²) >= 11 is 1.21. The maximum Gasteiger partial charge on any atom is 0.262 e. The van der Waals surface area contributed by atoms with Crippen LogP contribution in [-0.4, -0.2) is 18.3 Å². The van der Waals surface area contributed by atoms with Crippen molar-refractivity contribution in [3.63, 3.8) is 0 Å². The lowest BCUT2D eigenvalue weighted by atomic mass is 10.1. The molecule has 0 spiro atoms. The van der Waals surface area contributed by atoms with Crippen LogP contribution < -0.4 is 10.1 Å². The smallest absolute Gasteiger partial charge is 0.262 e. The minimum atomic E-state index is -0.872. The van der Waals surface area contributed by atoms with Crippen molar-refractivity contribution in [2.24, 2.45) is 0 Å². The van der Waals surface area contributed by atoms with E-state index < -0.39 is 24.1 Å². The molecule has 0 saturated carbocycles. The highest BCUT2D eigenvalue weighted by molar-refractivity contribution is 7.18. The molecule has 0 saturated heterocycles. The highest BCUT2D eigenvalue weighted by Gasteiger charge is 2.18. The number of carbonyl (C=O) groups is 2. The van der Waals surface area contributed by atoms with E-state index >= 15 is 0 Å². The fourth-order valence-electron chi connectivity index (χ4n) is 2.31. The first-order chi connectivity index (χ1) is 11.3. The number of anilines is 1. The largest absolute Gasteiger partial charge is 0.481 e. The summed E-state index contributed by atoms with van der Waals surface area (Å²) in [5.41, 5.74) is 1.75. The predicted molar refractivity (Wildman–Crippen MR) is 88.9 cm³/mol. The zero-order chi connectivity index (χ0) is 17.9. The molecule has 1 aromatic heterocycles. The van der Waals surface area contributed by atoms with Gasteiger partial charge >= 0.3 is 0 Å². The van der Waals surface area contributed by atoms with Crippen LogP contribution in [0.25, 0.3) is 0 Å². The SMILES string of the molecule is CCc1c(NC(=O)COc2ccc(F)cc2F)sc(C(C)=O)c1C. The van der Waals surface area contributed by atoms with E-state index in [0.29, 0.717) is 22.4 Å². The van der Waals surface area contributed by atoms with Crippen LogP contribution in [-0.2, 0) is 11.2 Å². The van der Waals surface area contributed by atoms with Gasteiger partial charge in [0.15, 0.2) is 24.0 Å². The number of Topliss-reactive ketones (excluding diaryl/α,β-unsaturated/α-hetero) is 1. The van der Waals surface area contributed by atoms with Gasteiger partial charge in [0.2, 0.25) is 0 Å². The molecule has 24 heavy (non-hydrogen) atoms. The lowest BCUT2D eigenvalue weighted by Gasteiger charge is -2.08. The summed E-state index contributed by atoms with van der Waals surface area (Å²) in [6.07, 6.45) is 0.665.